The minimum atomic E-state index is -3.39. The highest BCUT2D eigenvalue weighted by Crippen LogP contribution is 2.57. The van der Waals surface area contributed by atoms with Crippen molar-refractivity contribution in [2.24, 2.45) is 0 Å². The van der Waals surface area contributed by atoms with E-state index in [0.29, 0.717) is 26.4 Å². The standard InChI is InChI=1S/C6H13Cl2O4P/c1-2-10-3-4-11-5-6-12-13(7,8)9/h2-6H2,1H3. The number of hydrogen-bond donors (Lipinski definition) is 0. The van der Waals surface area contributed by atoms with E-state index >= 15 is 0 Å². The van der Waals surface area contributed by atoms with E-state index in [4.69, 9.17) is 32.0 Å². The molecule has 0 bridgehead atoms. The largest absolute Gasteiger partial charge is 0.380 e. The van der Waals surface area contributed by atoms with Crippen molar-refractivity contribution in [1.82, 2.24) is 0 Å². The normalized spacial score (nSPS) is 11.9. The van der Waals surface area contributed by atoms with Gasteiger partial charge in [0, 0.05) is 6.61 Å². The second kappa shape index (κ2) is 8.04. The van der Waals surface area contributed by atoms with Gasteiger partial charge in [-0.2, -0.15) is 0 Å². The third-order valence-electron chi connectivity index (χ3n) is 1.05. The summed E-state index contributed by atoms with van der Waals surface area (Å²) in [5.74, 6) is 0. The number of hydrogen-bond acceptors (Lipinski definition) is 4. The Morgan fingerprint density at radius 2 is 1.62 bits per heavy atom. The van der Waals surface area contributed by atoms with Gasteiger partial charge in [-0.15, -0.1) is 0 Å². The van der Waals surface area contributed by atoms with Crippen LogP contribution in [0.5, 0.6) is 0 Å². The molecule has 0 aromatic heterocycles. The van der Waals surface area contributed by atoms with Gasteiger partial charge in [-0.25, -0.2) is 0 Å². The van der Waals surface area contributed by atoms with E-state index in [9.17, 15) is 4.57 Å². The molecule has 0 saturated heterocycles. The summed E-state index contributed by atoms with van der Waals surface area (Å²) >= 11 is 10.2. The molecule has 80 valence electrons. The Morgan fingerprint density at radius 1 is 1.08 bits per heavy atom. The predicted octanol–water partition coefficient (Wildman–Crippen LogP) is 2.64. The summed E-state index contributed by atoms with van der Waals surface area (Å²) in [7, 11) is 0. The summed E-state index contributed by atoms with van der Waals surface area (Å²) in [6.07, 6.45) is -3.39. The molecule has 4 nitrogen and oxygen atoms in total. The highest BCUT2D eigenvalue weighted by Gasteiger charge is 2.12. The molecule has 0 amide bonds. The van der Waals surface area contributed by atoms with Gasteiger partial charge in [-0.1, -0.05) is 0 Å². The van der Waals surface area contributed by atoms with E-state index in [1.165, 1.54) is 0 Å². The highest BCUT2D eigenvalue weighted by molar-refractivity contribution is 8.05. The zero-order valence-corrected chi connectivity index (χ0v) is 9.78. The molecule has 7 heteroatoms. The van der Waals surface area contributed by atoms with Gasteiger partial charge in [-0.3, -0.25) is 4.57 Å². The summed E-state index contributed by atoms with van der Waals surface area (Å²) in [5, 5.41) is 0. The molecule has 0 spiro atoms. The van der Waals surface area contributed by atoms with Gasteiger partial charge in [0.05, 0.1) is 26.4 Å². The van der Waals surface area contributed by atoms with Crippen LogP contribution in [0.2, 0.25) is 0 Å². The fourth-order valence-corrected chi connectivity index (χ4v) is 1.27. The summed E-state index contributed by atoms with van der Waals surface area (Å²) < 4.78 is 25.2. The Kier molecular flexibility index (Phi) is 8.46. The van der Waals surface area contributed by atoms with Crippen molar-refractivity contribution in [3.8, 4) is 0 Å². The minimum Gasteiger partial charge on any atom is -0.379 e. The fraction of sp³-hybridized carbons (Fsp3) is 1.00. The van der Waals surface area contributed by atoms with Gasteiger partial charge >= 0.3 is 6.07 Å². The summed E-state index contributed by atoms with van der Waals surface area (Å²) in [6.45, 7) is 4.01. The van der Waals surface area contributed by atoms with E-state index < -0.39 is 6.07 Å². The minimum absolute atomic E-state index is 0.121. The SMILES string of the molecule is CCOCCOCCOP(=O)(Cl)Cl. The van der Waals surface area contributed by atoms with Crippen LogP contribution in [0.15, 0.2) is 0 Å². The quantitative estimate of drug-likeness (QED) is 0.491. The first kappa shape index (κ1) is 13.7. The van der Waals surface area contributed by atoms with Gasteiger partial charge in [0.1, 0.15) is 0 Å². The molecule has 0 aliphatic rings. The van der Waals surface area contributed by atoms with Crippen molar-refractivity contribution in [3.63, 3.8) is 0 Å². The molecule has 0 rings (SSSR count). The molecule has 0 aromatic carbocycles. The number of halogens is 2. The topological polar surface area (TPSA) is 44.8 Å². The maximum atomic E-state index is 10.6. The van der Waals surface area contributed by atoms with Crippen LogP contribution in [-0.2, 0) is 18.6 Å². The van der Waals surface area contributed by atoms with Gasteiger partial charge in [0.25, 0.3) is 0 Å². The van der Waals surface area contributed by atoms with Crippen LogP contribution in [0, 0.1) is 0 Å². The van der Waals surface area contributed by atoms with Crippen LogP contribution >= 0.6 is 28.6 Å². The zero-order chi connectivity index (χ0) is 10.2. The van der Waals surface area contributed by atoms with Crippen molar-refractivity contribution in [2.45, 2.75) is 6.92 Å². The Bertz CT molecular complexity index is 161. The lowest BCUT2D eigenvalue weighted by atomic mass is 10.7. The number of ether oxygens (including phenoxy) is 2. The molecule has 0 aromatic rings. The van der Waals surface area contributed by atoms with Crippen molar-refractivity contribution in [2.75, 3.05) is 33.0 Å². The first-order valence-electron chi connectivity index (χ1n) is 3.85. The lowest BCUT2D eigenvalue weighted by molar-refractivity contribution is 0.0416. The monoisotopic (exact) mass is 250 g/mol. The zero-order valence-electron chi connectivity index (χ0n) is 7.37. The maximum absolute atomic E-state index is 10.6. The lowest BCUT2D eigenvalue weighted by Crippen LogP contribution is -2.07. The average Bonchev–Trinajstić information content (AvgIpc) is 2.01. The lowest BCUT2D eigenvalue weighted by Gasteiger charge is -2.05. The van der Waals surface area contributed by atoms with E-state index in [1.54, 1.807) is 0 Å². The second-order valence-corrected chi connectivity index (χ2v) is 6.33. The molecule has 0 radical (unpaired) electrons. The van der Waals surface area contributed by atoms with Crippen LogP contribution in [-0.4, -0.2) is 33.0 Å². The Morgan fingerprint density at radius 3 is 2.15 bits per heavy atom. The van der Waals surface area contributed by atoms with Crippen molar-refractivity contribution in [3.05, 3.63) is 0 Å². The fourth-order valence-electron chi connectivity index (χ4n) is 0.567. The number of rotatable bonds is 8. The van der Waals surface area contributed by atoms with E-state index in [-0.39, 0.29) is 6.61 Å². The van der Waals surface area contributed by atoms with Crippen LogP contribution < -0.4 is 0 Å². The summed E-state index contributed by atoms with van der Waals surface area (Å²) in [5.41, 5.74) is 0. The Balaban J connectivity index is 3.04. The molecule has 0 aliphatic carbocycles. The molecule has 13 heavy (non-hydrogen) atoms. The Labute approximate surface area is 87.5 Å². The van der Waals surface area contributed by atoms with E-state index in [1.807, 2.05) is 6.92 Å². The smallest absolute Gasteiger partial charge is 0.379 e. The first-order valence-corrected chi connectivity index (χ1v) is 7.29. The Hall–Kier alpha value is 0.690. The second-order valence-electron chi connectivity index (χ2n) is 2.06. The third-order valence-corrected chi connectivity index (χ3v) is 2.11. The van der Waals surface area contributed by atoms with Crippen LogP contribution in [0.25, 0.3) is 0 Å². The van der Waals surface area contributed by atoms with Crippen molar-refractivity contribution < 1.29 is 18.6 Å². The summed E-state index contributed by atoms with van der Waals surface area (Å²) in [6, 6.07) is 0. The molecule has 0 unspecified atom stereocenters. The molecular formula is C6H13Cl2O4P. The van der Waals surface area contributed by atoms with Gasteiger partial charge < -0.3 is 14.0 Å². The molecule has 0 N–H and O–H groups in total. The molecule has 0 aliphatic heterocycles. The summed E-state index contributed by atoms with van der Waals surface area (Å²) in [4.78, 5) is 0. The molecule has 0 heterocycles. The van der Waals surface area contributed by atoms with E-state index in [0.717, 1.165) is 0 Å². The molecular weight excluding hydrogens is 238 g/mol. The predicted molar refractivity (Wildman–Crippen MR) is 52.6 cm³/mol. The van der Waals surface area contributed by atoms with Crippen LogP contribution in [0.4, 0.5) is 0 Å². The van der Waals surface area contributed by atoms with Gasteiger partial charge in [0.2, 0.25) is 0 Å². The molecule has 0 saturated carbocycles. The van der Waals surface area contributed by atoms with Crippen LogP contribution in [0.1, 0.15) is 6.92 Å². The van der Waals surface area contributed by atoms with Crippen molar-refractivity contribution in [1.29, 1.82) is 0 Å². The molecule has 0 atom stereocenters. The van der Waals surface area contributed by atoms with E-state index in [2.05, 4.69) is 4.52 Å². The maximum Gasteiger partial charge on any atom is 0.380 e. The highest BCUT2D eigenvalue weighted by atomic mass is 35.9. The van der Waals surface area contributed by atoms with Gasteiger partial charge in [0.15, 0.2) is 0 Å². The van der Waals surface area contributed by atoms with Gasteiger partial charge in [-0.05, 0) is 29.4 Å². The molecule has 0 fully saturated rings. The average molecular weight is 251 g/mol. The van der Waals surface area contributed by atoms with Crippen molar-refractivity contribution >= 4 is 28.6 Å². The first-order chi connectivity index (χ1) is 6.06. The van der Waals surface area contributed by atoms with Crippen LogP contribution in [0.3, 0.4) is 0 Å². The third kappa shape index (κ3) is 12.7.